The zero-order chi connectivity index (χ0) is 39.0. The molecule has 0 unspecified atom stereocenters. The molecule has 0 fully saturated rings. The maximum atomic E-state index is 12.7. The van der Waals surface area contributed by atoms with Crippen LogP contribution in [0.2, 0.25) is 0 Å². The van der Waals surface area contributed by atoms with Crippen LogP contribution in [-0.2, 0) is 28.6 Å². The van der Waals surface area contributed by atoms with Crippen LogP contribution in [0.5, 0.6) is 0 Å². The number of unbranched alkanes of at least 4 members (excludes halogenated alkanes) is 26. The lowest BCUT2D eigenvalue weighted by molar-refractivity contribution is -0.167. The minimum absolute atomic E-state index is 0.0650. The van der Waals surface area contributed by atoms with Crippen molar-refractivity contribution >= 4 is 17.9 Å². The van der Waals surface area contributed by atoms with Gasteiger partial charge in [0, 0.05) is 19.3 Å². The summed E-state index contributed by atoms with van der Waals surface area (Å²) in [6.45, 7) is 11.3. The van der Waals surface area contributed by atoms with Crippen LogP contribution < -0.4 is 0 Å². The lowest BCUT2D eigenvalue weighted by atomic mass is 10.0. The van der Waals surface area contributed by atoms with Crippen LogP contribution in [0.4, 0.5) is 0 Å². The highest BCUT2D eigenvalue weighted by Crippen LogP contribution is 2.17. The van der Waals surface area contributed by atoms with Crippen molar-refractivity contribution in [3.05, 3.63) is 0 Å². The molecule has 0 aliphatic heterocycles. The van der Waals surface area contributed by atoms with Crippen LogP contribution in [0.25, 0.3) is 0 Å². The molecule has 53 heavy (non-hydrogen) atoms. The minimum Gasteiger partial charge on any atom is -0.462 e. The van der Waals surface area contributed by atoms with Gasteiger partial charge in [-0.15, -0.1) is 0 Å². The molecule has 0 rings (SSSR count). The topological polar surface area (TPSA) is 78.9 Å². The van der Waals surface area contributed by atoms with Gasteiger partial charge in [-0.1, -0.05) is 214 Å². The molecule has 0 amide bonds. The van der Waals surface area contributed by atoms with Crippen LogP contribution in [0.1, 0.15) is 253 Å². The van der Waals surface area contributed by atoms with Gasteiger partial charge in [-0.25, -0.2) is 0 Å². The van der Waals surface area contributed by atoms with Crippen molar-refractivity contribution in [2.45, 2.75) is 259 Å². The van der Waals surface area contributed by atoms with Crippen LogP contribution in [0.15, 0.2) is 0 Å². The van der Waals surface area contributed by atoms with Gasteiger partial charge >= 0.3 is 17.9 Å². The number of esters is 3. The van der Waals surface area contributed by atoms with Crippen molar-refractivity contribution in [1.82, 2.24) is 0 Å². The lowest BCUT2D eigenvalue weighted by Crippen LogP contribution is -2.30. The molecule has 6 heteroatoms. The van der Waals surface area contributed by atoms with Gasteiger partial charge in [0.1, 0.15) is 13.2 Å². The Morgan fingerprint density at radius 3 is 0.925 bits per heavy atom. The Morgan fingerprint density at radius 1 is 0.358 bits per heavy atom. The summed E-state index contributed by atoms with van der Waals surface area (Å²) in [5.74, 6) is 0.788. The molecule has 0 radical (unpaired) electrons. The lowest BCUT2D eigenvalue weighted by Gasteiger charge is -2.18. The van der Waals surface area contributed by atoms with E-state index >= 15 is 0 Å². The molecule has 0 aromatic rings. The van der Waals surface area contributed by atoms with Crippen LogP contribution in [0, 0.1) is 11.8 Å². The summed E-state index contributed by atoms with van der Waals surface area (Å²) in [5, 5.41) is 0. The maximum Gasteiger partial charge on any atom is 0.306 e. The van der Waals surface area contributed by atoms with E-state index in [9.17, 15) is 14.4 Å². The summed E-state index contributed by atoms with van der Waals surface area (Å²) in [6, 6.07) is 0. The summed E-state index contributed by atoms with van der Waals surface area (Å²) in [6.07, 6.45) is 38.1. The van der Waals surface area contributed by atoms with Gasteiger partial charge in [-0.2, -0.15) is 0 Å². The molecular formula is C47H90O6. The predicted molar refractivity (Wildman–Crippen MR) is 224 cm³/mol. The zero-order valence-electron chi connectivity index (χ0n) is 36.1. The number of carbonyl (C=O) groups is 3. The van der Waals surface area contributed by atoms with Crippen molar-refractivity contribution in [3.8, 4) is 0 Å². The highest BCUT2D eigenvalue weighted by Gasteiger charge is 2.19. The second-order valence-corrected chi connectivity index (χ2v) is 17.0. The fraction of sp³-hybridized carbons (Fsp3) is 0.936. The Hall–Kier alpha value is -1.59. The molecule has 0 aliphatic rings. The molecule has 314 valence electrons. The third-order valence-electron chi connectivity index (χ3n) is 10.5. The van der Waals surface area contributed by atoms with Gasteiger partial charge in [0.05, 0.1) is 0 Å². The highest BCUT2D eigenvalue weighted by atomic mass is 16.6. The first-order valence-electron chi connectivity index (χ1n) is 23.2. The fourth-order valence-electron chi connectivity index (χ4n) is 6.93. The summed E-state index contributed by atoms with van der Waals surface area (Å²) < 4.78 is 16.7. The molecule has 0 saturated carbocycles. The van der Waals surface area contributed by atoms with E-state index in [1.807, 2.05) is 0 Å². The molecule has 0 N–H and O–H groups in total. The molecule has 1 atom stereocenters. The Labute approximate surface area is 329 Å². The summed E-state index contributed by atoms with van der Waals surface area (Å²) in [5.41, 5.74) is 0. The molecule has 0 aromatic carbocycles. The number of rotatable bonds is 41. The fourth-order valence-corrected chi connectivity index (χ4v) is 6.93. The third-order valence-corrected chi connectivity index (χ3v) is 10.5. The van der Waals surface area contributed by atoms with E-state index in [-0.39, 0.29) is 31.1 Å². The molecule has 0 aliphatic carbocycles. The second kappa shape index (κ2) is 40.1. The number of carbonyl (C=O) groups excluding carboxylic acids is 3. The van der Waals surface area contributed by atoms with E-state index in [2.05, 4.69) is 34.6 Å². The average Bonchev–Trinajstić information content (AvgIpc) is 3.12. The summed E-state index contributed by atoms with van der Waals surface area (Å²) >= 11 is 0. The summed E-state index contributed by atoms with van der Waals surface area (Å²) in [4.78, 5) is 37.6. The van der Waals surface area contributed by atoms with Crippen LogP contribution in [0.3, 0.4) is 0 Å². The molecule has 6 nitrogen and oxygen atoms in total. The van der Waals surface area contributed by atoms with E-state index in [0.29, 0.717) is 19.3 Å². The Kier molecular flexibility index (Phi) is 38.9. The Balaban J connectivity index is 4.25. The highest BCUT2D eigenvalue weighted by molar-refractivity contribution is 5.71. The first-order valence-corrected chi connectivity index (χ1v) is 23.2. The smallest absolute Gasteiger partial charge is 0.306 e. The molecule has 0 bridgehead atoms. The zero-order valence-corrected chi connectivity index (χ0v) is 36.1. The standard InChI is InChI=1S/C47H90O6/c1-6-7-8-9-20-27-32-37-45(48)51-40-44(53-47(50)39-34-29-24-19-15-14-17-22-26-31-36-43(4)5)41-52-46(49)38-33-28-23-18-13-11-10-12-16-21-25-30-35-42(2)3/h42-44H,6-41H2,1-5H3/t44-/m0/s1. The molecule has 0 saturated heterocycles. The minimum atomic E-state index is -0.759. The molecule has 0 aromatic heterocycles. The van der Waals surface area contributed by atoms with E-state index in [0.717, 1.165) is 69.6 Å². The molecular weight excluding hydrogens is 661 g/mol. The number of ether oxygens (including phenoxy) is 3. The quantitative estimate of drug-likeness (QED) is 0.0352. The molecule has 0 spiro atoms. The van der Waals surface area contributed by atoms with Crippen LogP contribution in [-0.4, -0.2) is 37.2 Å². The maximum absolute atomic E-state index is 12.7. The van der Waals surface area contributed by atoms with Gasteiger partial charge in [-0.3, -0.25) is 14.4 Å². The van der Waals surface area contributed by atoms with E-state index < -0.39 is 6.10 Å². The first kappa shape index (κ1) is 51.4. The SMILES string of the molecule is CCCCCCCCCC(=O)OC[C@@H](COC(=O)CCCCCCCCCCCCCCC(C)C)OC(=O)CCCCCCCCCCCCC(C)C. The van der Waals surface area contributed by atoms with E-state index in [1.54, 1.807) is 0 Å². The van der Waals surface area contributed by atoms with Crippen molar-refractivity contribution in [2.75, 3.05) is 13.2 Å². The monoisotopic (exact) mass is 751 g/mol. The van der Waals surface area contributed by atoms with Gasteiger partial charge in [0.15, 0.2) is 6.10 Å². The largest absolute Gasteiger partial charge is 0.462 e. The van der Waals surface area contributed by atoms with Crippen molar-refractivity contribution in [1.29, 1.82) is 0 Å². The van der Waals surface area contributed by atoms with Crippen molar-refractivity contribution in [3.63, 3.8) is 0 Å². The average molecular weight is 751 g/mol. The second-order valence-electron chi connectivity index (χ2n) is 17.0. The molecule has 0 heterocycles. The van der Waals surface area contributed by atoms with Gasteiger partial charge in [0.25, 0.3) is 0 Å². The number of hydrogen-bond acceptors (Lipinski definition) is 6. The predicted octanol–water partition coefficient (Wildman–Crippen LogP) is 14.6. The first-order chi connectivity index (χ1) is 25.7. The van der Waals surface area contributed by atoms with Crippen molar-refractivity contribution in [2.24, 2.45) is 11.8 Å². The van der Waals surface area contributed by atoms with Crippen LogP contribution >= 0.6 is 0 Å². The number of hydrogen-bond donors (Lipinski definition) is 0. The normalized spacial score (nSPS) is 12.1. The Bertz CT molecular complexity index is 809. The van der Waals surface area contributed by atoms with Gasteiger partial charge in [-0.05, 0) is 31.1 Å². The van der Waals surface area contributed by atoms with Gasteiger partial charge in [0.2, 0.25) is 0 Å². The summed E-state index contributed by atoms with van der Waals surface area (Å²) in [7, 11) is 0. The third kappa shape index (κ3) is 41.4. The van der Waals surface area contributed by atoms with Gasteiger partial charge < -0.3 is 14.2 Å². The van der Waals surface area contributed by atoms with E-state index in [4.69, 9.17) is 14.2 Å². The van der Waals surface area contributed by atoms with Crippen molar-refractivity contribution < 1.29 is 28.6 Å². The van der Waals surface area contributed by atoms with E-state index in [1.165, 1.54) is 141 Å². The Morgan fingerprint density at radius 2 is 0.623 bits per heavy atom.